The number of allylic oxidation sites excluding steroid dienone is 2. The van der Waals surface area contributed by atoms with Crippen molar-refractivity contribution in [2.45, 2.75) is 96.8 Å². The van der Waals surface area contributed by atoms with Gasteiger partial charge < -0.3 is 9.47 Å². The molecule has 1 heterocycles. The van der Waals surface area contributed by atoms with Crippen LogP contribution in [0.2, 0.25) is 0 Å². The summed E-state index contributed by atoms with van der Waals surface area (Å²) < 4.78 is 10.2. The Morgan fingerprint density at radius 2 is 1.33 bits per heavy atom. The second kappa shape index (κ2) is 17.7. The maximum atomic E-state index is 12.1. The number of nitrogens with one attached hydrogen (secondary N) is 1. The van der Waals surface area contributed by atoms with Crippen molar-refractivity contribution in [2.75, 3.05) is 19.5 Å². The monoisotopic (exact) mass is 419 g/mol. The zero-order valence-electron chi connectivity index (χ0n) is 19.3. The number of unbranched alkanes of at least 4 members (excludes halogenated alkanes) is 11. The third-order valence-electron chi connectivity index (χ3n) is 5.01. The molecule has 0 aliphatic carbocycles. The number of ether oxygens (including phenoxy) is 2. The number of carbonyl (C=O) groups is 1. The van der Waals surface area contributed by atoms with Gasteiger partial charge >= 0.3 is 0 Å². The number of anilines is 1. The van der Waals surface area contributed by atoms with Crippen LogP contribution in [0.1, 0.15) is 96.8 Å². The Hall–Kier alpha value is -2.11. The molecule has 0 radical (unpaired) electrons. The summed E-state index contributed by atoms with van der Waals surface area (Å²) in [6.07, 6.45) is 21.3. The SMILES string of the molecule is CCCCCCCC/C=C\CCCCCCCC(=O)Nc1nc(OC)cc(OC)n1. The standard InChI is InChI=1S/C24H41N3O3/c1-4-5-6-7-8-9-10-11-12-13-14-15-16-17-18-19-21(28)25-24-26-22(29-2)20-23(27-24)30-3/h11-12,20H,4-10,13-19H2,1-3H3,(H,25,26,27,28)/b12-11-. The predicted octanol–water partition coefficient (Wildman–Crippen LogP) is 6.47. The van der Waals surface area contributed by atoms with Crippen LogP contribution in [-0.4, -0.2) is 30.1 Å². The van der Waals surface area contributed by atoms with Crippen molar-refractivity contribution in [3.8, 4) is 11.8 Å². The van der Waals surface area contributed by atoms with Crippen LogP contribution >= 0.6 is 0 Å². The molecule has 0 spiro atoms. The summed E-state index contributed by atoms with van der Waals surface area (Å²) in [5.41, 5.74) is 0. The van der Waals surface area contributed by atoms with E-state index < -0.39 is 0 Å². The van der Waals surface area contributed by atoms with Crippen LogP contribution in [0.25, 0.3) is 0 Å². The van der Waals surface area contributed by atoms with Gasteiger partial charge in [-0.25, -0.2) is 0 Å². The zero-order valence-corrected chi connectivity index (χ0v) is 19.3. The van der Waals surface area contributed by atoms with E-state index in [9.17, 15) is 4.79 Å². The number of carbonyl (C=O) groups excluding carboxylic acids is 1. The molecule has 0 aliphatic rings. The van der Waals surface area contributed by atoms with Crippen molar-refractivity contribution >= 4 is 11.9 Å². The van der Waals surface area contributed by atoms with E-state index >= 15 is 0 Å². The number of amides is 1. The number of methoxy groups -OCH3 is 2. The molecule has 6 nitrogen and oxygen atoms in total. The molecule has 0 saturated heterocycles. The van der Waals surface area contributed by atoms with Crippen LogP contribution in [0.15, 0.2) is 18.2 Å². The van der Waals surface area contributed by atoms with E-state index in [1.807, 2.05) is 0 Å². The molecule has 1 aromatic rings. The molecule has 0 unspecified atom stereocenters. The normalized spacial score (nSPS) is 11.0. The Morgan fingerprint density at radius 1 is 0.833 bits per heavy atom. The average Bonchev–Trinajstić information content (AvgIpc) is 2.76. The van der Waals surface area contributed by atoms with Crippen LogP contribution in [0.5, 0.6) is 11.8 Å². The van der Waals surface area contributed by atoms with Gasteiger partial charge in [0.15, 0.2) is 0 Å². The van der Waals surface area contributed by atoms with E-state index in [1.54, 1.807) is 6.07 Å². The van der Waals surface area contributed by atoms with Gasteiger partial charge in [0.2, 0.25) is 23.6 Å². The van der Waals surface area contributed by atoms with Gasteiger partial charge in [-0.15, -0.1) is 0 Å². The highest BCUT2D eigenvalue weighted by molar-refractivity contribution is 5.88. The van der Waals surface area contributed by atoms with Crippen molar-refractivity contribution in [2.24, 2.45) is 0 Å². The molecule has 0 fully saturated rings. The van der Waals surface area contributed by atoms with E-state index in [0.29, 0.717) is 18.2 Å². The fraction of sp³-hybridized carbons (Fsp3) is 0.708. The van der Waals surface area contributed by atoms with Gasteiger partial charge in [-0.2, -0.15) is 9.97 Å². The molecule has 170 valence electrons. The molecule has 1 rings (SSSR count). The highest BCUT2D eigenvalue weighted by Gasteiger charge is 2.08. The number of aromatic nitrogens is 2. The van der Waals surface area contributed by atoms with Crippen molar-refractivity contribution in [1.29, 1.82) is 0 Å². The fourth-order valence-electron chi connectivity index (χ4n) is 3.21. The van der Waals surface area contributed by atoms with Gasteiger partial charge in [0.1, 0.15) is 0 Å². The molecule has 0 saturated carbocycles. The second-order valence-electron chi connectivity index (χ2n) is 7.66. The summed E-state index contributed by atoms with van der Waals surface area (Å²) in [6, 6.07) is 1.57. The van der Waals surface area contributed by atoms with E-state index in [2.05, 4.69) is 34.4 Å². The lowest BCUT2D eigenvalue weighted by atomic mass is 10.1. The van der Waals surface area contributed by atoms with Crippen LogP contribution in [0.3, 0.4) is 0 Å². The molecular formula is C24H41N3O3. The van der Waals surface area contributed by atoms with E-state index in [-0.39, 0.29) is 11.9 Å². The van der Waals surface area contributed by atoms with E-state index in [4.69, 9.17) is 9.47 Å². The van der Waals surface area contributed by atoms with Crippen molar-refractivity contribution in [3.63, 3.8) is 0 Å². The lowest BCUT2D eigenvalue weighted by molar-refractivity contribution is -0.116. The van der Waals surface area contributed by atoms with E-state index in [1.165, 1.54) is 84.8 Å². The summed E-state index contributed by atoms with van der Waals surface area (Å²) in [4.78, 5) is 20.3. The number of hydrogen-bond acceptors (Lipinski definition) is 5. The molecule has 0 aliphatic heterocycles. The van der Waals surface area contributed by atoms with Crippen molar-refractivity contribution < 1.29 is 14.3 Å². The molecule has 1 aromatic heterocycles. The minimum Gasteiger partial charge on any atom is -0.481 e. The maximum absolute atomic E-state index is 12.1. The fourth-order valence-corrected chi connectivity index (χ4v) is 3.21. The van der Waals surface area contributed by atoms with Gasteiger partial charge in [0.05, 0.1) is 20.3 Å². The van der Waals surface area contributed by atoms with Gasteiger partial charge in [-0.3, -0.25) is 10.1 Å². The first-order valence-corrected chi connectivity index (χ1v) is 11.6. The topological polar surface area (TPSA) is 73.3 Å². The van der Waals surface area contributed by atoms with Crippen LogP contribution < -0.4 is 14.8 Å². The molecular weight excluding hydrogens is 378 g/mol. The van der Waals surface area contributed by atoms with Crippen molar-refractivity contribution in [3.05, 3.63) is 18.2 Å². The first kappa shape index (κ1) is 25.9. The molecule has 6 heteroatoms. The molecule has 1 N–H and O–H groups in total. The lowest BCUT2D eigenvalue weighted by Gasteiger charge is -2.07. The average molecular weight is 420 g/mol. The summed E-state index contributed by atoms with van der Waals surface area (Å²) in [7, 11) is 3.03. The number of hydrogen-bond donors (Lipinski definition) is 1. The Kier molecular flexibility index (Phi) is 15.3. The van der Waals surface area contributed by atoms with Gasteiger partial charge in [0.25, 0.3) is 0 Å². The maximum Gasteiger partial charge on any atom is 0.236 e. The van der Waals surface area contributed by atoms with Gasteiger partial charge in [0, 0.05) is 6.42 Å². The van der Waals surface area contributed by atoms with Crippen LogP contribution in [0.4, 0.5) is 5.95 Å². The zero-order chi connectivity index (χ0) is 21.9. The van der Waals surface area contributed by atoms with E-state index in [0.717, 1.165) is 12.8 Å². The Labute approximate surface area is 182 Å². The van der Waals surface area contributed by atoms with Crippen LogP contribution in [0, 0.1) is 0 Å². The molecule has 1 amide bonds. The first-order chi connectivity index (χ1) is 14.7. The van der Waals surface area contributed by atoms with Crippen LogP contribution in [-0.2, 0) is 4.79 Å². The summed E-state index contributed by atoms with van der Waals surface area (Å²) >= 11 is 0. The number of nitrogens with zero attached hydrogens (tertiary/aromatic N) is 2. The van der Waals surface area contributed by atoms with Gasteiger partial charge in [-0.1, -0.05) is 70.4 Å². The minimum absolute atomic E-state index is 0.0806. The molecule has 0 bridgehead atoms. The summed E-state index contributed by atoms with van der Waals surface area (Å²) in [6.45, 7) is 2.26. The Bertz CT molecular complexity index is 583. The third kappa shape index (κ3) is 13.2. The molecule has 0 atom stereocenters. The Morgan fingerprint density at radius 3 is 1.87 bits per heavy atom. The second-order valence-corrected chi connectivity index (χ2v) is 7.66. The molecule has 30 heavy (non-hydrogen) atoms. The highest BCUT2D eigenvalue weighted by Crippen LogP contribution is 2.17. The largest absolute Gasteiger partial charge is 0.481 e. The summed E-state index contributed by atoms with van der Waals surface area (Å²) in [5.74, 6) is 0.850. The predicted molar refractivity (Wildman–Crippen MR) is 123 cm³/mol. The smallest absolute Gasteiger partial charge is 0.236 e. The lowest BCUT2D eigenvalue weighted by Crippen LogP contribution is -2.14. The minimum atomic E-state index is -0.0806. The third-order valence-corrected chi connectivity index (χ3v) is 5.01. The Balaban J connectivity index is 2.00. The van der Waals surface area contributed by atoms with Gasteiger partial charge in [-0.05, 0) is 32.1 Å². The summed E-state index contributed by atoms with van der Waals surface area (Å²) in [5, 5.41) is 2.71. The molecule has 0 aromatic carbocycles. The first-order valence-electron chi connectivity index (χ1n) is 11.6. The number of rotatable bonds is 18. The quantitative estimate of drug-likeness (QED) is 0.218. The highest BCUT2D eigenvalue weighted by atomic mass is 16.5. The van der Waals surface area contributed by atoms with Crippen molar-refractivity contribution in [1.82, 2.24) is 9.97 Å².